The van der Waals surface area contributed by atoms with Crippen LogP contribution in [0.3, 0.4) is 0 Å². The third-order valence-corrected chi connectivity index (χ3v) is 4.81. The van der Waals surface area contributed by atoms with E-state index in [9.17, 15) is 5.11 Å². The summed E-state index contributed by atoms with van der Waals surface area (Å²) in [6.07, 6.45) is 6.95. The van der Waals surface area contributed by atoms with Gasteiger partial charge in [0.2, 0.25) is 0 Å². The Morgan fingerprint density at radius 2 is 1.73 bits per heavy atom. The van der Waals surface area contributed by atoms with Gasteiger partial charge in [-0.05, 0) is 41.0 Å². The maximum Gasteiger partial charge on any atom is 0.167 e. The van der Waals surface area contributed by atoms with Crippen molar-refractivity contribution in [2.45, 2.75) is 13.1 Å². The zero-order valence-corrected chi connectivity index (χ0v) is 17.2. The Balaban J connectivity index is 1.88. The number of aliphatic hydroxyl groups is 2. The lowest BCUT2D eigenvalue weighted by Gasteiger charge is -2.30. The highest BCUT2D eigenvalue weighted by Crippen LogP contribution is 2.38. The van der Waals surface area contributed by atoms with E-state index in [1.165, 1.54) is 7.11 Å². The second kappa shape index (κ2) is 10.2. The van der Waals surface area contributed by atoms with Crippen LogP contribution in [0.4, 0.5) is 0 Å². The number of ether oxygens (including phenoxy) is 3. The number of nitrogens with zero attached hydrogens (tertiary/aromatic N) is 1. The van der Waals surface area contributed by atoms with Gasteiger partial charge in [0.05, 0.1) is 27.4 Å². The molecule has 1 aliphatic heterocycles. The Bertz CT molecular complexity index is 938. The van der Waals surface area contributed by atoms with Crippen molar-refractivity contribution in [2.24, 2.45) is 0 Å². The van der Waals surface area contributed by atoms with Gasteiger partial charge in [0.1, 0.15) is 6.73 Å². The molecular weight excluding hydrogens is 386 g/mol. The molecule has 1 heterocycles. The Morgan fingerprint density at radius 3 is 2.43 bits per heavy atom. The molecule has 0 saturated carbocycles. The smallest absolute Gasteiger partial charge is 0.167 e. The fraction of sp³-hybridized carbons (Fsp3) is 0.304. The van der Waals surface area contributed by atoms with Crippen LogP contribution in [-0.4, -0.2) is 54.4 Å². The molecular formula is C23H27NO6. The van der Waals surface area contributed by atoms with Crippen molar-refractivity contribution < 1.29 is 29.5 Å². The summed E-state index contributed by atoms with van der Waals surface area (Å²) in [6.45, 7) is 1.41. The summed E-state index contributed by atoms with van der Waals surface area (Å²) < 4.78 is 16.6. The van der Waals surface area contributed by atoms with Crippen molar-refractivity contribution in [1.29, 1.82) is 0 Å². The van der Waals surface area contributed by atoms with Crippen LogP contribution in [0.25, 0.3) is 12.2 Å². The summed E-state index contributed by atoms with van der Waals surface area (Å²) in [5.41, 5.74) is 3.62. The molecule has 1 aliphatic rings. The van der Waals surface area contributed by atoms with E-state index in [1.807, 2.05) is 18.2 Å². The lowest BCUT2D eigenvalue weighted by atomic mass is 10.0. The fourth-order valence-corrected chi connectivity index (χ4v) is 3.45. The normalized spacial score (nSPS) is 14.1. The maximum atomic E-state index is 10.2. The summed E-state index contributed by atoms with van der Waals surface area (Å²) in [6, 6.07) is 7.30. The van der Waals surface area contributed by atoms with Crippen LogP contribution in [0.5, 0.6) is 23.0 Å². The lowest BCUT2D eigenvalue weighted by molar-refractivity contribution is 0.0853. The first-order valence-electron chi connectivity index (χ1n) is 9.60. The highest BCUT2D eigenvalue weighted by atomic mass is 16.5. The molecule has 0 fully saturated rings. The van der Waals surface area contributed by atoms with Crippen molar-refractivity contribution in [3.8, 4) is 23.0 Å². The molecule has 2 aromatic carbocycles. The summed E-state index contributed by atoms with van der Waals surface area (Å²) >= 11 is 0. The lowest BCUT2D eigenvalue weighted by Crippen LogP contribution is -2.32. The van der Waals surface area contributed by atoms with Crippen molar-refractivity contribution in [1.82, 2.24) is 4.90 Å². The second-order valence-corrected chi connectivity index (χ2v) is 6.86. The molecule has 0 radical (unpaired) electrons. The number of aliphatic hydroxyl groups excluding tert-OH is 2. The molecule has 3 rings (SSSR count). The van der Waals surface area contributed by atoms with E-state index in [-0.39, 0.29) is 19.0 Å². The fourth-order valence-electron chi connectivity index (χ4n) is 3.45. The third-order valence-electron chi connectivity index (χ3n) is 4.81. The molecule has 0 aromatic heterocycles. The largest absolute Gasteiger partial charge is 0.504 e. The first kappa shape index (κ1) is 21.7. The highest BCUT2D eigenvalue weighted by Gasteiger charge is 2.23. The molecule has 7 heteroatoms. The monoisotopic (exact) mass is 413 g/mol. The van der Waals surface area contributed by atoms with Gasteiger partial charge >= 0.3 is 0 Å². The number of benzene rings is 2. The molecule has 0 atom stereocenters. The van der Waals surface area contributed by atoms with Gasteiger partial charge in [-0.1, -0.05) is 24.3 Å². The van der Waals surface area contributed by atoms with Crippen LogP contribution in [0.15, 0.2) is 36.4 Å². The van der Waals surface area contributed by atoms with E-state index < -0.39 is 0 Å². The average Bonchev–Trinajstić information content (AvgIpc) is 2.76. The maximum absolute atomic E-state index is 10.2. The molecule has 0 amide bonds. The topological polar surface area (TPSA) is 91.6 Å². The molecule has 160 valence electrons. The quantitative estimate of drug-likeness (QED) is 0.613. The predicted octanol–water partition coefficient (Wildman–Crippen LogP) is 2.77. The molecule has 0 saturated heterocycles. The van der Waals surface area contributed by atoms with Crippen LogP contribution < -0.4 is 14.2 Å². The van der Waals surface area contributed by atoms with E-state index >= 15 is 0 Å². The molecule has 7 nitrogen and oxygen atoms in total. The van der Waals surface area contributed by atoms with Crippen molar-refractivity contribution in [3.63, 3.8) is 0 Å². The van der Waals surface area contributed by atoms with Gasteiger partial charge in [0, 0.05) is 18.7 Å². The van der Waals surface area contributed by atoms with Gasteiger partial charge in [0.15, 0.2) is 23.0 Å². The summed E-state index contributed by atoms with van der Waals surface area (Å²) in [5.74, 6) is 1.80. The van der Waals surface area contributed by atoms with Gasteiger partial charge in [-0.3, -0.25) is 4.90 Å². The summed E-state index contributed by atoms with van der Waals surface area (Å²) in [7, 11) is 3.10. The number of hydrogen-bond acceptors (Lipinski definition) is 7. The van der Waals surface area contributed by atoms with Gasteiger partial charge in [-0.2, -0.15) is 0 Å². The zero-order valence-electron chi connectivity index (χ0n) is 17.2. The SMILES string of the molecule is COc1cc(/C=C/CO)c(CN2COc3c(cc(/C=C/CO)cc3OC)C2)cc1O. The van der Waals surface area contributed by atoms with E-state index in [0.717, 1.165) is 22.3 Å². The van der Waals surface area contributed by atoms with Crippen LogP contribution in [0, 0.1) is 0 Å². The molecule has 2 aromatic rings. The number of hydrogen-bond donors (Lipinski definition) is 3. The summed E-state index contributed by atoms with van der Waals surface area (Å²) in [4.78, 5) is 2.10. The Labute approximate surface area is 176 Å². The zero-order chi connectivity index (χ0) is 21.5. The highest BCUT2D eigenvalue weighted by molar-refractivity contribution is 5.61. The molecule has 0 bridgehead atoms. The van der Waals surface area contributed by atoms with Crippen molar-refractivity contribution in [3.05, 3.63) is 58.7 Å². The standard InChI is InChI=1S/C23H27NO6/c1-28-21-12-17(6-4-8-26)18(11-20(21)27)13-24-14-19-9-16(5-3-7-25)10-22(29-2)23(19)30-15-24/h3-6,9-12,25-27H,7-8,13-15H2,1-2H3/b5-3+,6-4+. The second-order valence-electron chi connectivity index (χ2n) is 6.86. The van der Waals surface area contributed by atoms with Gasteiger partial charge in [-0.15, -0.1) is 0 Å². The summed E-state index contributed by atoms with van der Waals surface area (Å²) in [5, 5.41) is 28.4. The predicted molar refractivity (Wildman–Crippen MR) is 115 cm³/mol. The molecule has 30 heavy (non-hydrogen) atoms. The number of methoxy groups -OCH3 is 2. The molecule has 0 aliphatic carbocycles. The molecule has 3 N–H and O–H groups in total. The van der Waals surface area contributed by atoms with Crippen LogP contribution in [0.1, 0.15) is 22.3 Å². The average molecular weight is 413 g/mol. The number of phenols is 1. The minimum atomic E-state index is -0.0766. The first-order chi connectivity index (χ1) is 14.6. The number of rotatable bonds is 8. The number of phenolic OH excluding ortho intramolecular Hbond substituents is 1. The minimum absolute atomic E-state index is 0.0346. The Hall–Kier alpha value is -3.00. The number of aromatic hydroxyl groups is 1. The van der Waals surface area contributed by atoms with Crippen molar-refractivity contribution in [2.75, 3.05) is 34.2 Å². The van der Waals surface area contributed by atoms with Gasteiger partial charge in [0.25, 0.3) is 0 Å². The van der Waals surface area contributed by atoms with E-state index in [4.69, 9.17) is 24.4 Å². The number of fused-ring (bicyclic) bond motifs is 1. The van der Waals surface area contributed by atoms with Crippen LogP contribution in [-0.2, 0) is 13.1 Å². The van der Waals surface area contributed by atoms with Crippen LogP contribution >= 0.6 is 0 Å². The molecule has 0 spiro atoms. The van der Waals surface area contributed by atoms with E-state index in [2.05, 4.69) is 4.90 Å². The van der Waals surface area contributed by atoms with E-state index in [1.54, 1.807) is 37.5 Å². The van der Waals surface area contributed by atoms with Gasteiger partial charge in [-0.25, -0.2) is 0 Å². The van der Waals surface area contributed by atoms with Gasteiger partial charge < -0.3 is 29.5 Å². The van der Waals surface area contributed by atoms with E-state index in [0.29, 0.717) is 37.1 Å². The third kappa shape index (κ3) is 4.94. The molecule has 0 unspecified atom stereocenters. The minimum Gasteiger partial charge on any atom is -0.504 e. The van der Waals surface area contributed by atoms with Crippen LogP contribution in [0.2, 0.25) is 0 Å². The first-order valence-corrected chi connectivity index (χ1v) is 9.60. The Kier molecular flexibility index (Phi) is 7.35. The van der Waals surface area contributed by atoms with Crippen molar-refractivity contribution >= 4 is 12.2 Å². The Morgan fingerprint density at radius 1 is 1.00 bits per heavy atom.